The van der Waals surface area contributed by atoms with Gasteiger partial charge in [0.2, 0.25) is 5.91 Å². The normalized spacial score (nSPS) is 12.5. The SMILES string of the molecule is Cc1coc2cc3oc(=O)c(CCC(=O)NC(C)CCc4ccco4)c(C)c3cc12. The largest absolute Gasteiger partial charge is 0.469 e. The first-order valence-electron chi connectivity index (χ1n) is 10.2. The second-order valence-corrected chi connectivity index (χ2v) is 7.84. The summed E-state index contributed by atoms with van der Waals surface area (Å²) in [4.78, 5) is 24.9. The predicted octanol–water partition coefficient (Wildman–Crippen LogP) is 4.82. The third kappa shape index (κ3) is 4.03. The van der Waals surface area contributed by atoms with Gasteiger partial charge in [-0.25, -0.2) is 4.79 Å². The van der Waals surface area contributed by atoms with Crippen LogP contribution in [0.3, 0.4) is 0 Å². The van der Waals surface area contributed by atoms with Crippen molar-refractivity contribution in [2.45, 2.75) is 52.5 Å². The Morgan fingerprint density at radius 2 is 1.93 bits per heavy atom. The molecule has 0 aliphatic carbocycles. The molecule has 30 heavy (non-hydrogen) atoms. The van der Waals surface area contributed by atoms with E-state index in [1.807, 2.05) is 39.0 Å². The first-order chi connectivity index (χ1) is 14.4. The van der Waals surface area contributed by atoms with Crippen LogP contribution in [0.2, 0.25) is 0 Å². The molecule has 0 aliphatic rings. The first-order valence-corrected chi connectivity index (χ1v) is 10.2. The number of fused-ring (bicyclic) bond motifs is 2. The Bertz CT molecular complexity index is 1250. The number of rotatable bonds is 7. The number of furan rings is 2. The highest BCUT2D eigenvalue weighted by Gasteiger charge is 2.16. The Kier molecular flexibility index (Phi) is 5.48. The lowest BCUT2D eigenvalue weighted by Crippen LogP contribution is -2.33. The molecular formula is C24H25NO5. The number of carbonyl (C=O) groups excluding carboxylic acids is 1. The van der Waals surface area contributed by atoms with Gasteiger partial charge in [0.25, 0.3) is 0 Å². The Morgan fingerprint density at radius 3 is 2.70 bits per heavy atom. The van der Waals surface area contributed by atoms with E-state index in [1.165, 1.54) is 0 Å². The van der Waals surface area contributed by atoms with Crippen molar-refractivity contribution in [3.05, 3.63) is 69.7 Å². The van der Waals surface area contributed by atoms with Crippen molar-refractivity contribution in [1.82, 2.24) is 5.32 Å². The number of benzene rings is 1. The molecule has 6 heteroatoms. The summed E-state index contributed by atoms with van der Waals surface area (Å²) < 4.78 is 16.4. The number of amides is 1. The van der Waals surface area contributed by atoms with Gasteiger partial charge in [-0.3, -0.25) is 4.79 Å². The third-order valence-electron chi connectivity index (χ3n) is 5.59. The zero-order chi connectivity index (χ0) is 21.3. The van der Waals surface area contributed by atoms with Crippen LogP contribution in [-0.2, 0) is 17.6 Å². The minimum Gasteiger partial charge on any atom is -0.469 e. The fraction of sp³-hybridized carbons (Fsp3) is 0.333. The molecule has 0 bridgehead atoms. The fourth-order valence-corrected chi connectivity index (χ4v) is 3.80. The molecule has 1 atom stereocenters. The molecular weight excluding hydrogens is 382 g/mol. The Balaban J connectivity index is 1.45. The van der Waals surface area contributed by atoms with Crippen molar-refractivity contribution in [1.29, 1.82) is 0 Å². The van der Waals surface area contributed by atoms with Crippen LogP contribution in [0.25, 0.3) is 21.9 Å². The number of carbonyl (C=O) groups is 1. The van der Waals surface area contributed by atoms with E-state index >= 15 is 0 Å². The topological polar surface area (TPSA) is 85.6 Å². The van der Waals surface area contributed by atoms with Crippen molar-refractivity contribution >= 4 is 27.8 Å². The molecule has 1 N–H and O–H groups in total. The molecule has 3 heterocycles. The highest BCUT2D eigenvalue weighted by atomic mass is 16.4. The zero-order valence-electron chi connectivity index (χ0n) is 17.4. The average molecular weight is 407 g/mol. The predicted molar refractivity (Wildman–Crippen MR) is 115 cm³/mol. The Labute approximate surface area is 173 Å². The zero-order valence-corrected chi connectivity index (χ0v) is 17.4. The standard InChI is InChI=1S/C24H25NO5/c1-14-13-29-21-12-22-20(11-19(14)21)16(3)18(24(27)30-22)8-9-23(26)25-15(2)6-7-17-5-4-10-28-17/h4-5,10-13,15H,6-9H2,1-3H3,(H,25,26). The van der Waals surface area contributed by atoms with Crippen LogP contribution in [0, 0.1) is 13.8 Å². The molecule has 0 aliphatic heterocycles. The maximum absolute atomic E-state index is 12.5. The maximum atomic E-state index is 12.5. The minimum absolute atomic E-state index is 0.0223. The molecule has 0 saturated heterocycles. The number of nitrogens with one attached hydrogen (secondary N) is 1. The van der Waals surface area contributed by atoms with Gasteiger partial charge in [0, 0.05) is 41.3 Å². The molecule has 4 aromatic rings. The number of hydrogen-bond acceptors (Lipinski definition) is 5. The van der Waals surface area contributed by atoms with E-state index in [0.717, 1.165) is 40.5 Å². The highest BCUT2D eigenvalue weighted by Crippen LogP contribution is 2.29. The van der Waals surface area contributed by atoms with Crippen molar-refractivity contribution in [3.63, 3.8) is 0 Å². The summed E-state index contributed by atoms with van der Waals surface area (Å²) in [6, 6.07) is 7.55. The van der Waals surface area contributed by atoms with Crippen LogP contribution in [-0.4, -0.2) is 11.9 Å². The molecule has 0 fully saturated rings. The van der Waals surface area contributed by atoms with Gasteiger partial charge in [-0.15, -0.1) is 0 Å². The maximum Gasteiger partial charge on any atom is 0.339 e. The first kappa shape index (κ1) is 20.0. The van der Waals surface area contributed by atoms with Gasteiger partial charge in [0.05, 0.1) is 12.5 Å². The summed E-state index contributed by atoms with van der Waals surface area (Å²) in [6.07, 6.45) is 5.46. The van der Waals surface area contributed by atoms with E-state index in [1.54, 1.807) is 18.6 Å². The van der Waals surface area contributed by atoms with Gasteiger partial charge in [-0.05, 0) is 62.9 Å². The van der Waals surface area contributed by atoms with Crippen LogP contribution in [0.4, 0.5) is 0 Å². The van der Waals surface area contributed by atoms with Gasteiger partial charge in [0.1, 0.15) is 16.9 Å². The van der Waals surface area contributed by atoms with Crippen LogP contribution >= 0.6 is 0 Å². The van der Waals surface area contributed by atoms with Gasteiger partial charge in [0.15, 0.2) is 0 Å². The van der Waals surface area contributed by atoms with E-state index in [-0.39, 0.29) is 18.4 Å². The molecule has 4 rings (SSSR count). The highest BCUT2D eigenvalue weighted by molar-refractivity contribution is 5.96. The summed E-state index contributed by atoms with van der Waals surface area (Å²) in [6.45, 7) is 5.85. The van der Waals surface area contributed by atoms with Gasteiger partial charge in [-0.2, -0.15) is 0 Å². The second-order valence-electron chi connectivity index (χ2n) is 7.84. The Hall–Kier alpha value is -3.28. The van der Waals surface area contributed by atoms with Crippen molar-refractivity contribution in [3.8, 4) is 0 Å². The van der Waals surface area contributed by atoms with E-state index < -0.39 is 5.63 Å². The van der Waals surface area contributed by atoms with Crippen LogP contribution in [0.15, 0.2) is 54.8 Å². The summed E-state index contributed by atoms with van der Waals surface area (Å²) in [5, 5.41) is 4.85. The fourth-order valence-electron chi connectivity index (χ4n) is 3.80. The van der Waals surface area contributed by atoms with Crippen molar-refractivity contribution in [2.75, 3.05) is 0 Å². The monoisotopic (exact) mass is 407 g/mol. The van der Waals surface area contributed by atoms with Gasteiger partial charge < -0.3 is 18.6 Å². The minimum atomic E-state index is -0.402. The number of aryl methyl sites for hydroxylation is 3. The second kappa shape index (κ2) is 8.22. The average Bonchev–Trinajstić information content (AvgIpc) is 3.35. The van der Waals surface area contributed by atoms with E-state index in [2.05, 4.69) is 5.32 Å². The number of hydrogen-bond donors (Lipinski definition) is 1. The van der Waals surface area contributed by atoms with Crippen molar-refractivity contribution in [2.24, 2.45) is 0 Å². The van der Waals surface area contributed by atoms with E-state index in [4.69, 9.17) is 13.3 Å². The smallest absolute Gasteiger partial charge is 0.339 e. The van der Waals surface area contributed by atoms with Crippen LogP contribution < -0.4 is 10.9 Å². The molecule has 3 aromatic heterocycles. The quantitative estimate of drug-likeness (QED) is 0.444. The Morgan fingerprint density at radius 1 is 1.10 bits per heavy atom. The lowest BCUT2D eigenvalue weighted by atomic mass is 10.0. The molecule has 1 aromatic carbocycles. The van der Waals surface area contributed by atoms with Gasteiger partial charge in [-0.1, -0.05) is 0 Å². The van der Waals surface area contributed by atoms with Crippen LogP contribution in [0.1, 0.15) is 42.2 Å². The lowest BCUT2D eigenvalue weighted by molar-refractivity contribution is -0.121. The molecule has 0 radical (unpaired) electrons. The summed E-state index contributed by atoms with van der Waals surface area (Å²) in [5.74, 6) is 0.824. The molecule has 1 amide bonds. The summed E-state index contributed by atoms with van der Waals surface area (Å²) in [7, 11) is 0. The molecule has 156 valence electrons. The van der Waals surface area contributed by atoms with E-state index in [9.17, 15) is 9.59 Å². The summed E-state index contributed by atoms with van der Waals surface area (Å²) in [5.41, 5.74) is 3.21. The molecule has 1 unspecified atom stereocenters. The molecule has 0 saturated carbocycles. The molecule has 0 spiro atoms. The van der Waals surface area contributed by atoms with Crippen molar-refractivity contribution < 1.29 is 18.0 Å². The van der Waals surface area contributed by atoms with Gasteiger partial charge >= 0.3 is 5.63 Å². The van der Waals surface area contributed by atoms with E-state index in [0.29, 0.717) is 23.2 Å². The third-order valence-corrected chi connectivity index (χ3v) is 5.59. The lowest BCUT2D eigenvalue weighted by Gasteiger charge is -2.13. The summed E-state index contributed by atoms with van der Waals surface area (Å²) >= 11 is 0. The van der Waals surface area contributed by atoms with Crippen LogP contribution in [0.5, 0.6) is 0 Å². The molecule has 6 nitrogen and oxygen atoms in total.